The minimum atomic E-state index is -4.14. The third-order valence-corrected chi connectivity index (χ3v) is 7.41. The number of carbonyl (C=O) groups excluding carboxylic acids is 1. The average molecular weight is 527 g/mol. The van der Waals surface area contributed by atoms with Crippen LogP contribution in [0.4, 0.5) is 9.18 Å². The number of allylic oxidation sites excluding steroid dienone is 1. The number of hydrogen-bond donors (Lipinski definition) is 2. The van der Waals surface area contributed by atoms with Gasteiger partial charge in [0.05, 0.1) is 31.2 Å². The molecule has 0 unspecified atom stereocenters. The van der Waals surface area contributed by atoms with E-state index in [1.165, 1.54) is 19.3 Å². The lowest BCUT2D eigenvalue weighted by Crippen LogP contribution is -2.40. The molecule has 9 nitrogen and oxygen atoms in total. The van der Waals surface area contributed by atoms with Crippen molar-refractivity contribution in [2.45, 2.75) is 30.8 Å². The van der Waals surface area contributed by atoms with Crippen molar-refractivity contribution in [3.63, 3.8) is 0 Å². The highest BCUT2D eigenvalue weighted by Gasteiger charge is 2.25. The van der Waals surface area contributed by atoms with Gasteiger partial charge in [-0.15, -0.1) is 0 Å². The Labute approximate surface area is 205 Å². The van der Waals surface area contributed by atoms with Gasteiger partial charge in [-0.1, -0.05) is 29.3 Å². The van der Waals surface area contributed by atoms with Gasteiger partial charge in [0.2, 0.25) is 0 Å². The summed E-state index contributed by atoms with van der Waals surface area (Å²) in [6, 6.07) is 5.34. The quantitative estimate of drug-likeness (QED) is 0.508. The molecule has 0 bridgehead atoms. The van der Waals surface area contributed by atoms with Crippen LogP contribution >= 0.6 is 23.2 Å². The molecule has 2 amide bonds. The highest BCUT2D eigenvalue weighted by Crippen LogP contribution is 2.34. The fourth-order valence-corrected chi connectivity index (χ4v) is 5.35. The van der Waals surface area contributed by atoms with Crippen molar-refractivity contribution in [3.05, 3.63) is 69.4 Å². The molecule has 180 valence electrons. The molecule has 0 radical (unpaired) electrons. The fourth-order valence-electron chi connectivity index (χ4n) is 3.83. The van der Waals surface area contributed by atoms with Crippen LogP contribution in [0.25, 0.3) is 5.57 Å². The standard InChI is InChI=1S/C21H21Cl2FN6O3S/c1-29-19(7-8-26-29)34(32,33)28-21(31)25-11-18(24)16-4-2-3-13-10-27-30(20(13)16)12-14-5-6-15(22)9-17(14)23/h5-10H,2-4,11-12H2,1H3,(H2,25,28,31)/b18-16-. The monoisotopic (exact) mass is 526 g/mol. The Morgan fingerprint density at radius 3 is 2.71 bits per heavy atom. The summed E-state index contributed by atoms with van der Waals surface area (Å²) in [7, 11) is -2.72. The van der Waals surface area contributed by atoms with Crippen LogP contribution in [0.15, 0.2) is 47.5 Å². The molecule has 2 N–H and O–H groups in total. The Hall–Kier alpha value is -2.89. The van der Waals surface area contributed by atoms with Crippen LogP contribution in [0.5, 0.6) is 0 Å². The smallest absolute Gasteiger partial charge is 0.329 e. The van der Waals surface area contributed by atoms with E-state index in [2.05, 4.69) is 15.5 Å². The second-order valence-corrected chi connectivity index (χ2v) is 10.2. The first-order valence-electron chi connectivity index (χ1n) is 10.3. The number of fused-ring (bicyclic) bond motifs is 1. The molecule has 0 saturated carbocycles. The van der Waals surface area contributed by atoms with E-state index in [0.717, 1.165) is 28.7 Å². The van der Waals surface area contributed by atoms with Gasteiger partial charge in [-0.3, -0.25) is 9.36 Å². The molecule has 0 atom stereocenters. The zero-order valence-electron chi connectivity index (χ0n) is 18.1. The van der Waals surface area contributed by atoms with Crippen LogP contribution in [0.1, 0.15) is 29.7 Å². The summed E-state index contributed by atoms with van der Waals surface area (Å²) in [6.45, 7) is -0.159. The largest absolute Gasteiger partial charge is 0.331 e. The number of urea groups is 1. The van der Waals surface area contributed by atoms with Crippen LogP contribution in [-0.4, -0.2) is 40.6 Å². The van der Waals surface area contributed by atoms with Gasteiger partial charge < -0.3 is 5.32 Å². The van der Waals surface area contributed by atoms with Gasteiger partial charge in [-0.25, -0.2) is 13.9 Å². The molecule has 2 aromatic heterocycles. The number of sulfonamides is 1. The van der Waals surface area contributed by atoms with Gasteiger partial charge in [0.1, 0.15) is 5.83 Å². The minimum Gasteiger partial charge on any atom is -0.331 e. The number of nitrogens with one attached hydrogen (secondary N) is 2. The van der Waals surface area contributed by atoms with Crippen LogP contribution in [0, 0.1) is 0 Å². The predicted molar refractivity (Wildman–Crippen MR) is 126 cm³/mol. The first kappa shape index (κ1) is 24.2. The molecule has 0 spiro atoms. The summed E-state index contributed by atoms with van der Waals surface area (Å²) in [5.41, 5.74) is 2.73. The Morgan fingerprint density at radius 1 is 1.21 bits per heavy atom. The Morgan fingerprint density at radius 2 is 2.00 bits per heavy atom. The summed E-state index contributed by atoms with van der Waals surface area (Å²) < 4.78 is 44.4. The zero-order valence-corrected chi connectivity index (χ0v) is 20.4. The number of benzene rings is 1. The average Bonchev–Trinajstić information content (AvgIpc) is 3.40. The van der Waals surface area contributed by atoms with Gasteiger partial charge in [-0.05, 0) is 48.6 Å². The summed E-state index contributed by atoms with van der Waals surface area (Å²) in [6.07, 6.45) is 4.92. The van der Waals surface area contributed by atoms with Crippen LogP contribution in [0.2, 0.25) is 10.0 Å². The number of nitrogens with zero attached hydrogens (tertiary/aromatic N) is 4. The maximum atomic E-state index is 15.2. The maximum Gasteiger partial charge on any atom is 0.329 e. The number of halogens is 3. The maximum absolute atomic E-state index is 15.2. The summed E-state index contributed by atoms with van der Waals surface area (Å²) >= 11 is 12.3. The van der Waals surface area contributed by atoms with E-state index in [1.807, 2.05) is 4.72 Å². The van der Waals surface area contributed by atoms with Crippen molar-refractivity contribution in [1.29, 1.82) is 0 Å². The van der Waals surface area contributed by atoms with Crippen molar-refractivity contribution in [2.24, 2.45) is 7.05 Å². The Balaban J connectivity index is 1.51. The van der Waals surface area contributed by atoms with Crippen molar-refractivity contribution in [3.8, 4) is 0 Å². The fraction of sp³-hybridized carbons (Fsp3) is 0.286. The number of rotatable bonds is 6. The molecule has 1 aliphatic rings. The van der Waals surface area contributed by atoms with Gasteiger partial charge >= 0.3 is 6.03 Å². The van der Waals surface area contributed by atoms with E-state index in [-0.39, 0.29) is 5.03 Å². The lowest BCUT2D eigenvalue weighted by Gasteiger charge is -2.19. The van der Waals surface area contributed by atoms with E-state index in [4.69, 9.17) is 23.2 Å². The van der Waals surface area contributed by atoms with E-state index >= 15 is 4.39 Å². The molecule has 3 aromatic rings. The summed E-state index contributed by atoms with van der Waals surface area (Å²) in [5.74, 6) is -0.571. The molecule has 4 rings (SSSR count). The number of aromatic nitrogens is 4. The Kier molecular flexibility index (Phi) is 6.96. The predicted octanol–water partition coefficient (Wildman–Crippen LogP) is 3.68. The molecule has 34 heavy (non-hydrogen) atoms. The molecule has 1 aromatic carbocycles. The topological polar surface area (TPSA) is 111 Å². The number of aryl methyl sites for hydroxylation is 2. The van der Waals surface area contributed by atoms with E-state index < -0.39 is 28.4 Å². The first-order chi connectivity index (χ1) is 16.2. The second kappa shape index (κ2) is 9.77. The van der Waals surface area contributed by atoms with E-state index in [1.54, 1.807) is 29.1 Å². The molecule has 1 aliphatic carbocycles. The molecule has 13 heteroatoms. The van der Waals surface area contributed by atoms with Crippen molar-refractivity contribution in [1.82, 2.24) is 29.6 Å². The molecular weight excluding hydrogens is 506 g/mol. The summed E-state index contributed by atoms with van der Waals surface area (Å²) in [4.78, 5) is 12.2. The molecular formula is C21H21Cl2FN6O3S. The molecule has 0 fully saturated rings. The second-order valence-electron chi connectivity index (χ2n) is 7.73. The molecule has 2 heterocycles. The SMILES string of the molecule is Cn1nccc1S(=O)(=O)NC(=O)NC/C(F)=C1\CCCc2cnn(Cc3ccc(Cl)cc3Cl)c21. The van der Waals surface area contributed by atoms with Gasteiger partial charge in [-0.2, -0.15) is 18.6 Å². The lowest BCUT2D eigenvalue weighted by molar-refractivity contribution is 0.246. The van der Waals surface area contributed by atoms with Crippen LogP contribution < -0.4 is 10.0 Å². The normalized spacial score (nSPS) is 15.1. The van der Waals surface area contributed by atoms with Crippen molar-refractivity contribution in [2.75, 3.05) is 6.54 Å². The third-order valence-electron chi connectivity index (χ3n) is 5.42. The van der Waals surface area contributed by atoms with Crippen molar-refractivity contribution >= 4 is 44.8 Å². The zero-order chi connectivity index (χ0) is 24.5. The highest BCUT2D eigenvalue weighted by molar-refractivity contribution is 7.90. The van der Waals surface area contributed by atoms with Gasteiger partial charge in [0.15, 0.2) is 5.03 Å². The highest BCUT2D eigenvalue weighted by atomic mass is 35.5. The number of carbonyl (C=O) groups is 1. The van der Waals surface area contributed by atoms with E-state index in [0.29, 0.717) is 34.3 Å². The summed E-state index contributed by atoms with van der Waals surface area (Å²) in [5, 5.41) is 11.2. The third kappa shape index (κ3) is 5.11. The number of amides is 2. The molecule has 0 aliphatic heterocycles. The Bertz CT molecular complexity index is 1380. The minimum absolute atomic E-state index is 0.192. The van der Waals surface area contributed by atoms with E-state index in [9.17, 15) is 13.2 Å². The molecule has 0 saturated heterocycles. The van der Waals surface area contributed by atoms with Crippen LogP contribution in [0.3, 0.4) is 0 Å². The first-order valence-corrected chi connectivity index (χ1v) is 12.5. The van der Waals surface area contributed by atoms with Crippen molar-refractivity contribution < 1.29 is 17.6 Å². The number of hydrogen-bond acceptors (Lipinski definition) is 5. The lowest BCUT2D eigenvalue weighted by atomic mass is 9.92. The van der Waals surface area contributed by atoms with Gasteiger partial charge in [0, 0.05) is 22.7 Å². The van der Waals surface area contributed by atoms with Crippen LogP contribution in [-0.2, 0) is 30.0 Å². The van der Waals surface area contributed by atoms with Gasteiger partial charge in [0.25, 0.3) is 10.0 Å².